The average molecular weight is 386 g/mol. The summed E-state index contributed by atoms with van der Waals surface area (Å²) in [4.78, 5) is 4.83. The van der Waals surface area contributed by atoms with Gasteiger partial charge in [0.2, 0.25) is 0 Å². The number of hydrogen-bond donors (Lipinski definition) is 1. The third kappa shape index (κ3) is 4.50. The van der Waals surface area contributed by atoms with Crippen LogP contribution in [0.25, 0.3) is 11.0 Å². The van der Waals surface area contributed by atoms with Crippen LogP contribution in [-0.2, 0) is 13.1 Å². The Kier molecular flexibility index (Phi) is 5.73. The van der Waals surface area contributed by atoms with E-state index in [4.69, 9.17) is 0 Å². The predicted molar refractivity (Wildman–Crippen MR) is 105 cm³/mol. The van der Waals surface area contributed by atoms with Crippen LogP contribution in [0, 0.1) is 5.82 Å². The highest BCUT2D eigenvalue weighted by Crippen LogP contribution is 2.20. The van der Waals surface area contributed by atoms with Gasteiger partial charge in [-0.2, -0.15) is 8.75 Å². The topological polar surface area (TPSA) is 52.5 Å². The summed E-state index contributed by atoms with van der Waals surface area (Å²) >= 11 is 1.25. The molecule has 1 unspecified atom stereocenters. The Labute approximate surface area is 162 Å². The Morgan fingerprint density at radius 3 is 2.59 bits per heavy atom. The molecular weight excluding hydrogens is 363 g/mol. The summed E-state index contributed by atoms with van der Waals surface area (Å²) in [7, 11) is 0. The van der Waals surface area contributed by atoms with E-state index < -0.39 is 0 Å². The van der Waals surface area contributed by atoms with Gasteiger partial charge >= 0.3 is 0 Å². The lowest BCUT2D eigenvalue weighted by Gasteiger charge is -2.41. The van der Waals surface area contributed by atoms with Crippen molar-refractivity contribution in [2.24, 2.45) is 0 Å². The lowest BCUT2D eigenvalue weighted by atomic mass is 10.1. The molecule has 1 atom stereocenters. The summed E-state index contributed by atoms with van der Waals surface area (Å²) in [5.74, 6) is -0.206. The van der Waals surface area contributed by atoms with Crippen molar-refractivity contribution in [3.63, 3.8) is 0 Å². The number of aliphatic hydroxyl groups excluding tert-OH is 1. The van der Waals surface area contributed by atoms with E-state index in [9.17, 15) is 9.50 Å². The predicted octanol–water partition coefficient (Wildman–Crippen LogP) is 2.90. The molecule has 0 amide bonds. The Morgan fingerprint density at radius 2 is 1.78 bits per heavy atom. The van der Waals surface area contributed by atoms with Gasteiger partial charge in [-0.15, -0.1) is 0 Å². The number of piperazine rings is 1. The van der Waals surface area contributed by atoms with Gasteiger partial charge in [-0.1, -0.05) is 18.2 Å². The second-order valence-corrected chi connectivity index (χ2v) is 7.61. The van der Waals surface area contributed by atoms with Crippen LogP contribution in [0.1, 0.15) is 17.5 Å². The fourth-order valence-electron chi connectivity index (χ4n) is 3.74. The molecule has 3 aromatic rings. The molecule has 7 heteroatoms. The van der Waals surface area contributed by atoms with Gasteiger partial charge in [0, 0.05) is 45.4 Å². The molecule has 0 aliphatic carbocycles. The third-order valence-corrected chi connectivity index (χ3v) is 5.73. The molecule has 2 aromatic carbocycles. The molecule has 1 N–H and O–H groups in total. The summed E-state index contributed by atoms with van der Waals surface area (Å²) in [6.45, 7) is 4.65. The fraction of sp³-hybridized carbons (Fsp3) is 0.400. The van der Waals surface area contributed by atoms with Gasteiger partial charge in [0.1, 0.15) is 16.9 Å². The zero-order valence-corrected chi connectivity index (χ0v) is 15.9. The van der Waals surface area contributed by atoms with Crippen molar-refractivity contribution in [3.8, 4) is 0 Å². The first kappa shape index (κ1) is 18.4. The van der Waals surface area contributed by atoms with Gasteiger partial charge in [-0.3, -0.25) is 9.80 Å². The van der Waals surface area contributed by atoms with Crippen LogP contribution in [0.3, 0.4) is 0 Å². The first-order valence-electron chi connectivity index (χ1n) is 9.24. The molecule has 0 spiro atoms. The Bertz CT molecular complexity index is 885. The van der Waals surface area contributed by atoms with E-state index >= 15 is 0 Å². The van der Waals surface area contributed by atoms with Crippen LogP contribution >= 0.6 is 11.7 Å². The molecule has 142 valence electrons. The quantitative estimate of drug-likeness (QED) is 0.706. The van der Waals surface area contributed by atoms with Crippen molar-refractivity contribution >= 4 is 22.8 Å². The molecule has 2 heterocycles. The van der Waals surface area contributed by atoms with E-state index in [1.165, 1.54) is 29.4 Å². The van der Waals surface area contributed by atoms with Crippen LogP contribution in [-0.4, -0.2) is 55.9 Å². The highest BCUT2D eigenvalue weighted by molar-refractivity contribution is 7.00. The van der Waals surface area contributed by atoms with E-state index in [0.29, 0.717) is 6.04 Å². The summed E-state index contributed by atoms with van der Waals surface area (Å²) < 4.78 is 21.7. The minimum atomic E-state index is -0.206. The highest BCUT2D eigenvalue weighted by atomic mass is 32.1. The molecular formula is C20H23FN4OS. The Balaban J connectivity index is 1.41. The van der Waals surface area contributed by atoms with E-state index in [2.05, 4.69) is 30.7 Å². The molecule has 5 nitrogen and oxygen atoms in total. The lowest BCUT2D eigenvalue weighted by Crippen LogP contribution is -2.52. The van der Waals surface area contributed by atoms with Crippen molar-refractivity contribution in [1.82, 2.24) is 18.5 Å². The number of benzene rings is 2. The number of aromatic nitrogens is 2. The standard InChI is InChI=1S/C20H23FN4OS/c21-17-4-1-15(2-5-17)13-25-9-8-24(14-18(25)7-10-26)12-16-3-6-19-20(11-16)23-27-22-19/h1-6,11,18,26H,7-10,12-14H2. The van der Waals surface area contributed by atoms with Crippen LogP contribution < -0.4 is 0 Å². The van der Waals surface area contributed by atoms with Crippen molar-refractivity contribution in [3.05, 3.63) is 59.4 Å². The molecule has 0 bridgehead atoms. The summed E-state index contributed by atoms with van der Waals surface area (Å²) in [5, 5.41) is 9.50. The number of hydrogen-bond acceptors (Lipinski definition) is 6. The second kappa shape index (κ2) is 8.39. The van der Waals surface area contributed by atoms with Gasteiger partial charge < -0.3 is 5.11 Å². The van der Waals surface area contributed by atoms with Crippen LogP contribution in [0.2, 0.25) is 0 Å². The van der Waals surface area contributed by atoms with Gasteiger partial charge in [0.25, 0.3) is 0 Å². The van der Waals surface area contributed by atoms with Crippen LogP contribution in [0.15, 0.2) is 42.5 Å². The SMILES string of the molecule is OCCC1CN(Cc2ccc3nsnc3c2)CCN1Cc1ccc(F)cc1. The van der Waals surface area contributed by atoms with E-state index in [1.54, 1.807) is 0 Å². The first-order chi connectivity index (χ1) is 13.2. The summed E-state index contributed by atoms with van der Waals surface area (Å²) in [6.07, 6.45) is 0.743. The monoisotopic (exact) mass is 386 g/mol. The zero-order chi connectivity index (χ0) is 18.6. The zero-order valence-electron chi connectivity index (χ0n) is 15.1. The van der Waals surface area contributed by atoms with Crippen molar-refractivity contribution < 1.29 is 9.50 Å². The van der Waals surface area contributed by atoms with Crippen molar-refractivity contribution in [1.29, 1.82) is 0 Å². The maximum absolute atomic E-state index is 13.1. The Hall–Kier alpha value is -1.93. The van der Waals surface area contributed by atoms with Crippen LogP contribution in [0.4, 0.5) is 4.39 Å². The van der Waals surface area contributed by atoms with E-state index in [1.807, 2.05) is 18.2 Å². The molecule has 1 aliphatic rings. The number of halogens is 1. The van der Waals surface area contributed by atoms with Crippen molar-refractivity contribution in [2.75, 3.05) is 26.2 Å². The normalized spacial score (nSPS) is 19.0. The first-order valence-corrected chi connectivity index (χ1v) is 9.97. The van der Waals surface area contributed by atoms with Crippen molar-refractivity contribution in [2.45, 2.75) is 25.6 Å². The molecule has 1 aliphatic heterocycles. The second-order valence-electron chi connectivity index (χ2n) is 7.09. The minimum Gasteiger partial charge on any atom is -0.396 e. The highest BCUT2D eigenvalue weighted by Gasteiger charge is 2.26. The molecule has 0 saturated carbocycles. The average Bonchev–Trinajstić information content (AvgIpc) is 3.14. The fourth-order valence-corrected chi connectivity index (χ4v) is 4.26. The van der Waals surface area contributed by atoms with Gasteiger partial charge in [-0.05, 0) is 41.8 Å². The lowest BCUT2D eigenvalue weighted by molar-refractivity contribution is 0.0500. The smallest absolute Gasteiger partial charge is 0.123 e. The molecule has 27 heavy (non-hydrogen) atoms. The van der Waals surface area contributed by atoms with Gasteiger partial charge in [-0.25, -0.2) is 4.39 Å². The summed E-state index contributed by atoms with van der Waals surface area (Å²) in [5.41, 5.74) is 4.25. The number of rotatable bonds is 6. The molecule has 1 saturated heterocycles. The minimum absolute atomic E-state index is 0.175. The maximum Gasteiger partial charge on any atom is 0.123 e. The molecule has 0 radical (unpaired) electrons. The van der Waals surface area contributed by atoms with E-state index in [-0.39, 0.29) is 12.4 Å². The molecule has 1 fully saturated rings. The number of fused-ring (bicyclic) bond motifs is 1. The number of aliphatic hydroxyl groups is 1. The van der Waals surface area contributed by atoms with Gasteiger partial charge in [0.05, 0.1) is 11.7 Å². The molecule has 4 rings (SSSR count). The Morgan fingerprint density at radius 1 is 1.00 bits per heavy atom. The van der Waals surface area contributed by atoms with Crippen LogP contribution in [0.5, 0.6) is 0 Å². The maximum atomic E-state index is 13.1. The summed E-state index contributed by atoms with van der Waals surface area (Å²) in [6, 6.07) is 13.3. The van der Waals surface area contributed by atoms with E-state index in [0.717, 1.165) is 55.7 Å². The molecule has 1 aromatic heterocycles. The van der Waals surface area contributed by atoms with Gasteiger partial charge in [0.15, 0.2) is 0 Å². The third-order valence-electron chi connectivity index (χ3n) is 5.17. The largest absolute Gasteiger partial charge is 0.396 e. The number of nitrogens with zero attached hydrogens (tertiary/aromatic N) is 4.